The smallest absolute Gasteiger partial charge is 0.309 e. The van der Waals surface area contributed by atoms with Crippen molar-refractivity contribution in [2.75, 3.05) is 6.61 Å². The summed E-state index contributed by atoms with van der Waals surface area (Å²) in [5.41, 5.74) is 0. The van der Waals surface area contributed by atoms with E-state index in [9.17, 15) is 17.5 Å². The zero-order chi connectivity index (χ0) is 9.83. The highest BCUT2D eigenvalue weighted by molar-refractivity contribution is 7.66. The Morgan fingerprint density at radius 1 is 1.58 bits per heavy atom. The van der Waals surface area contributed by atoms with Crippen molar-refractivity contribution in [2.24, 2.45) is 0 Å². The molecule has 12 heavy (non-hydrogen) atoms. The molecule has 0 heterocycles. The van der Waals surface area contributed by atoms with Gasteiger partial charge in [-0.05, 0) is 0 Å². The highest BCUT2D eigenvalue weighted by atomic mass is 31.3. The van der Waals surface area contributed by atoms with Gasteiger partial charge < -0.3 is 4.89 Å². The van der Waals surface area contributed by atoms with Crippen LogP contribution in [-0.2, 0) is 13.7 Å². The SMILES string of the molecule is C#CCOP(=O)(F)NP(=O)(O)F. The number of halogens is 2. The minimum Gasteiger partial charge on any atom is -0.309 e. The average Bonchev–Trinajstić information content (AvgIpc) is 1.78. The lowest BCUT2D eigenvalue weighted by molar-refractivity contribution is 0.317. The lowest BCUT2D eigenvalue weighted by Gasteiger charge is -2.08. The van der Waals surface area contributed by atoms with Crippen LogP contribution in [0.25, 0.3) is 0 Å². The Morgan fingerprint density at radius 3 is 2.42 bits per heavy atom. The summed E-state index contributed by atoms with van der Waals surface area (Å²) in [7, 11) is -10.5. The van der Waals surface area contributed by atoms with Gasteiger partial charge in [-0.15, -0.1) is 19.7 Å². The van der Waals surface area contributed by atoms with Crippen LogP contribution in [-0.4, -0.2) is 11.5 Å². The van der Waals surface area contributed by atoms with Crippen LogP contribution in [0.1, 0.15) is 0 Å². The minimum absolute atomic E-state index is 0.646. The van der Waals surface area contributed by atoms with Gasteiger partial charge in [-0.1, -0.05) is 5.92 Å². The summed E-state index contributed by atoms with van der Waals surface area (Å²) in [6.07, 6.45) is 4.58. The standard InChI is InChI=1S/C3H5F2NO4P2/c1-2-3-10-12(5,9)6-11(4,7)8/h1H,3H2,(H2,6,7,8,9). The summed E-state index contributed by atoms with van der Waals surface area (Å²) >= 11 is 0. The summed E-state index contributed by atoms with van der Waals surface area (Å²) in [5.74, 6) is 1.74. The van der Waals surface area contributed by atoms with Crippen molar-refractivity contribution in [1.29, 1.82) is 0 Å². The van der Waals surface area contributed by atoms with Crippen molar-refractivity contribution < 1.29 is 26.9 Å². The first-order valence-electron chi connectivity index (χ1n) is 2.46. The van der Waals surface area contributed by atoms with E-state index in [-0.39, 0.29) is 0 Å². The molecule has 0 aliphatic carbocycles. The molecule has 0 fully saturated rings. The van der Waals surface area contributed by atoms with Gasteiger partial charge in [0, 0.05) is 0 Å². The number of hydrogen-bond acceptors (Lipinski definition) is 3. The van der Waals surface area contributed by atoms with Gasteiger partial charge in [0.1, 0.15) is 6.61 Å². The zero-order valence-electron chi connectivity index (χ0n) is 5.61. The van der Waals surface area contributed by atoms with Crippen LogP contribution < -0.4 is 4.86 Å². The molecule has 0 aromatic heterocycles. The van der Waals surface area contributed by atoms with Gasteiger partial charge in [0.25, 0.3) is 0 Å². The molecule has 9 heteroatoms. The summed E-state index contributed by atoms with van der Waals surface area (Å²) < 4.78 is 48.0. The van der Waals surface area contributed by atoms with E-state index in [2.05, 4.69) is 10.9 Å². The van der Waals surface area contributed by atoms with Crippen LogP contribution in [0.5, 0.6) is 0 Å². The monoisotopic (exact) mass is 219 g/mol. The molecular formula is C3H5F2NO4P2. The summed E-state index contributed by atoms with van der Waals surface area (Å²) in [6, 6.07) is 0. The van der Waals surface area contributed by atoms with E-state index in [4.69, 9.17) is 4.89 Å². The molecule has 2 N–H and O–H groups in total. The maximum absolute atomic E-state index is 12.3. The highest BCUT2D eigenvalue weighted by Crippen LogP contribution is 2.55. The normalized spacial score (nSPS) is 20.5. The first-order valence-corrected chi connectivity index (χ1v) is 5.53. The van der Waals surface area contributed by atoms with Gasteiger partial charge in [-0.2, -0.15) is 0 Å². The number of hydrogen-bond donors (Lipinski definition) is 2. The molecule has 0 aromatic rings. The van der Waals surface area contributed by atoms with Crippen molar-refractivity contribution in [3.05, 3.63) is 0 Å². The molecule has 2 unspecified atom stereocenters. The number of terminal acetylenes is 1. The highest BCUT2D eigenvalue weighted by Gasteiger charge is 2.32. The molecule has 0 rings (SSSR count). The third-order valence-corrected chi connectivity index (χ3v) is 2.96. The van der Waals surface area contributed by atoms with Gasteiger partial charge >= 0.3 is 15.7 Å². The lowest BCUT2D eigenvalue weighted by atomic mass is 10.8. The molecule has 2 atom stereocenters. The Hall–Kier alpha value is -0.240. The summed E-state index contributed by atoms with van der Waals surface area (Å²) in [6.45, 7) is -0.694. The Morgan fingerprint density at radius 2 is 2.08 bits per heavy atom. The molecule has 5 nitrogen and oxygen atoms in total. The topological polar surface area (TPSA) is 75.6 Å². The van der Waals surface area contributed by atoms with Crippen molar-refractivity contribution in [3.63, 3.8) is 0 Å². The molecule has 0 saturated carbocycles. The minimum atomic E-state index is -5.41. The summed E-state index contributed by atoms with van der Waals surface area (Å²) in [5, 5.41) is 0. The predicted molar refractivity (Wildman–Crippen MR) is 37.6 cm³/mol. The maximum atomic E-state index is 12.3. The molecule has 0 aliphatic rings. The van der Waals surface area contributed by atoms with E-state index in [1.54, 1.807) is 5.92 Å². The third kappa shape index (κ3) is 6.47. The molecule has 70 valence electrons. The van der Waals surface area contributed by atoms with Crippen molar-refractivity contribution in [3.8, 4) is 12.3 Å². The lowest BCUT2D eigenvalue weighted by Crippen LogP contribution is -2.03. The second-order valence-corrected chi connectivity index (χ2v) is 4.58. The van der Waals surface area contributed by atoms with Gasteiger partial charge in [-0.3, -0.25) is 4.52 Å². The number of rotatable bonds is 4. The van der Waals surface area contributed by atoms with E-state index in [1.807, 2.05) is 0 Å². The van der Waals surface area contributed by atoms with Crippen molar-refractivity contribution in [2.45, 2.75) is 0 Å². The van der Waals surface area contributed by atoms with E-state index >= 15 is 0 Å². The molecule has 0 aromatic carbocycles. The van der Waals surface area contributed by atoms with Crippen LogP contribution in [0.3, 0.4) is 0 Å². The van der Waals surface area contributed by atoms with E-state index in [1.165, 1.54) is 0 Å². The van der Waals surface area contributed by atoms with Gasteiger partial charge in [0.05, 0.1) is 0 Å². The zero-order valence-corrected chi connectivity index (χ0v) is 7.40. The van der Waals surface area contributed by atoms with Crippen LogP contribution in [0.15, 0.2) is 0 Å². The summed E-state index contributed by atoms with van der Waals surface area (Å²) in [4.78, 5) is 8.53. The molecule has 0 amide bonds. The third-order valence-electron chi connectivity index (χ3n) is 0.557. The quantitative estimate of drug-likeness (QED) is 0.551. The molecule has 0 bridgehead atoms. The van der Waals surface area contributed by atoms with Crippen LogP contribution >= 0.6 is 15.7 Å². The first-order chi connectivity index (χ1) is 5.27. The van der Waals surface area contributed by atoms with E-state index in [0.717, 1.165) is 0 Å². The fraction of sp³-hybridized carbons (Fsp3) is 0.333. The maximum Gasteiger partial charge on any atom is 0.453 e. The Kier molecular flexibility index (Phi) is 4.04. The van der Waals surface area contributed by atoms with E-state index < -0.39 is 22.3 Å². The van der Waals surface area contributed by atoms with Crippen LogP contribution in [0.4, 0.5) is 8.39 Å². The predicted octanol–water partition coefficient (Wildman–Crippen LogP) is 1.37. The van der Waals surface area contributed by atoms with Gasteiger partial charge in [0.15, 0.2) is 0 Å². The fourth-order valence-corrected chi connectivity index (χ4v) is 1.95. The second kappa shape index (κ2) is 4.13. The van der Waals surface area contributed by atoms with Crippen molar-refractivity contribution in [1.82, 2.24) is 4.86 Å². The van der Waals surface area contributed by atoms with Crippen molar-refractivity contribution >= 4 is 15.7 Å². The largest absolute Gasteiger partial charge is 0.453 e. The Bertz CT molecular complexity index is 281. The number of nitrogens with one attached hydrogen (secondary N) is 1. The van der Waals surface area contributed by atoms with Crippen LogP contribution in [0, 0.1) is 12.3 Å². The average molecular weight is 219 g/mol. The molecule has 0 aliphatic heterocycles. The second-order valence-electron chi connectivity index (χ2n) is 1.56. The van der Waals surface area contributed by atoms with Gasteiger partial charge in [0.2, 0.25) is 0 Å². The fourth-order valence-electron chi connectivity index (χ4n) is 0.296. The first kappa shape index (κ1) is 11.8. The molecule has 0 spiro atoms. The molecule has 0 radical (unpaired) electrons. The Labute approximate surface area is 67.4 Å². The molecular weight excluding hydrogens is 214 g/mol. The van der Waals surface area contributed by atoms with Gasteiger partial charge in [-0.25, -0.2) is 9.13 Å². The Balaban J connectivity index is 4.17. The van der Waals surface area contributed by atoms with E-state index in [0.29, 0.717) is 4.86 Å². The van der Waals surface area contributed by atoms with Crippen LogP contribution in [0.2, 0.25) is 0 Å². The molecule has 0 saturated heterocycles.